The molecule has 0 aliphatic heterocycles. The molecule has 0 rings (SSSR count). The van der Waals surface area contributed by atoms with Gasteiger partial charge in [0.2, 0.25) is 0 Å². The molecule has 0 aromatic heterocycles. The van der Waals surface area contributed by atoms with E-state index in [1.54, 1.807) is 0 Å². The van der Waals surface area contributed by atoms with Gasteiger partial charge in [-0.3, -0.25) is 0 Å². The molecule has 0 unspecified atom stereocenters. The van der Waals surface area contributed by atoms with Crippen LogP contribution in [-0.2, 0) is 13.4 Å². The van der Waals surface area contributed by atoms with Crippen LogP contribution in [0.3, 0.4) is 0 Å². The molecule has 0 fully saturated rings. The summed E-state index contributed by atoms with van der Waals surface area (Å²) in [7, 11) is -1.09. The van der Waals surface area contributed by atoms with Gasteiger partial charge in [-0.15, -0.1) is 0 Å². The van der Waals surface area contributed by atoms with E-state index in [2.05, 4.69) is 4.31 Å². The normalized spacial score (nSPS) is 6.86. The van der Waals surface area contributed by atoms with Crippen molar-refractivity contribution in [1.82, 2.24) is 0 Å². The molecule has 0 heterocycles. The Morgan fingerprint density at radius 3 is 1.43 bits per heavy atom. The first kappa shape index (κ1) is 16.6. The first-order valence-corrected chi connectivity index (χ1v) is 2.19. The van der Waals surface area contributed by atoms with Crippen molar-refractivity contribution in [2.45, 2.75) is 0 Å². The van der Waals surface area contributed by atoms with Gasteiger partial charge in [0.1, 0.15) is 0 Å². The first-order chi connectivity index (χ1) is 2.41. The van der Waals surface area contributed by atoms with E-state index < -0.39 is 17.4 Å². The molecular weight excluding hydrogens is 189 g/mol. The second kappa shape index (κ2) is 16.0. The molecule has 0 atom stereocenters. The molecule has 0 aliphatic carbocycles. The third kappa shape index (κ3) is 17.6. The van der Waals surface area contributed by atoms with Crippen molar-refractivity contribution < 1.29 is 13.4 Å². The fraction of sp³-hybridized carbons (Fsp3) is 0. The molecule has 0 amide bonds. The van der Waals surface area contributed by atoms with Crippen LogP contribution in [0.5, 0.6) is 0 Å². The quantitative estimate of drug-likeness (QED) is 0.451. The van der Waals surface area contributed by atoms with E-state index in [9.17, 15) is 0 Å². The van der Waals surface area contributed by atoms with E-state index in [0.717, 1.165) is 0 Å². The van der Waals surface area contributed by atoms with E-state index in [-0.39, 0.29) is 89.1 Å². The van der Waals surface area contributed by atoms with Gasteiger partial charge in [-0.05, 0) is 0 Å². The molecule has 0 aromatic carbocycles. The van der Waals surface area contributed by atoms with Crippen LogP contribution in [0.2, 0.25) is 0 Å². The van der Waals surface area contributed by atoms with E-state index >= 15 is 0 Å². The van der Waals surface area contributed by atoms with Crippen LogP contribution in [0.4, 0.5) is 0 Å². The van der Waals surface area contributed by atoms with Crippen LogP contribution in [0.1, 0.15) is 0 Å². The van der Waals surface area contributed by atoms with E-state index in [1.165, 1.54) is 0 Å². The molecule has 34 valence electrons. The average Bonchev–Trinajstić information content (AvgIpc) is 1.41. The molecule has 7 heavy (non-hydrogen) atoms. The predicted octanol–water partition coefficient (Wildman–Crippen LogP) is -0.148. The van der Waals surface area contributed by atoms with Crippen LogP contribution in [0, 0.1) is 0 Å². The van der Waals surface area contributed by atoms with Crippen molar-refractivity contribution in [3.05, 3.63) is 0 Å². The summed E-state index contributed by atoms with van der Waals surface area (Å²) in [5.74, 6) is 0. The van der Waals surface area contributed by atoms with Crippen molar-refractivity contribution in [2.24, 2.45) is 0 Å². The Bertz CT molecular complexity index is 42.2. The molecule has 0 aliphatic rings. The van der Waals surface area contributed by atoms with Gasteiger partial charge in [0.25, 0.3) is 0 Å². The number of hydrogen-bond acceptors (Lipinski definition) is 3. The number of rotatable bonds is 2. The van der Waals surface area contributed by atoms with Crippen LogP contribution in [0.25, 0.3) is 0 Å². The molecule has 0 spiro atoms. The second-order valence-corrected chi connectivity index (χ2v) is 1.18. The van der Waals surface area contributed by atoms with E-state index in [0.29, 0.717) is 0 Å². The second-order valence-electron chi connectivity index (χ2n) is 0.231. The van der Waals surface area contributed by atoms with Crippen molar-refractivity contribution in [3.63, 3.8) is 0 Å². The Kier molecular flexibility index (Phi) is 37.9. The summed E-state index contributed by atoms with van der Waals surface area (Å²) in [6.45, 7) is 0. The van der Waals surface area contributed by atoms with Gasteiger partial charge < -0.3 is 0 Å². The van der Waals surface area contributed by atoms with E-state index in [4.69, 9.17) is 9.13 Å². The van der Waals surface area contributed by atoms with Crippen LogP contribution in [0.15, 0.2) is 0 Å². The predicted molar refractivity (Wildman–Crippen MR) is 32.0 cm³/mol. The molecule has 0 radical (unpaired) electrons. The third-order valence-electron chi connectivity index (χ3n) is 0.0667. The molecule has 3 nitrogen and oxygen atoms in total. The molecular formula is H3CaKO3P2. The topological polar surface area (TPSA) is 43.4 Å². The zero-order valence-electron chi connectivity index (χ0n) is 2.12. The van der Waals surface area contributed by atoms with Gasteiger partial charge in [0.15, 0.2) is 0 Å². The Balaban J connectivity index is -0.0000000800. The SMILES string of the molecule is O=POP=O.[CaH2].[KH]. The summed E-state index contributed by atoms with van der Waals surface area (Å²) < 4.78 is 21.8. The van der Waals surface area contributed by atoms with Crippen LogP contribution >= 0.6 is 17.4 Å². The monoisotopic (exact) mass is 192 g/mol. The summed E-state index contributed by atoms with van der Waals surface area (Å²) in [4.78, 5) is 0. The molecule has 0 saturated heterocycles. The van der Waals surface area contributed by atoms with Crippen LogP contribution < -0.4 is 0 Å². The maximum atomic E-state index is 9.07. The zero-order chi connectivity index (χ0) is 4.12. The van der Waals surface area contributed by atoms with Crippen LogP contribution in [-0.4, -0.2) is 89.1 Å². The van der Waals surface area contributed by atoms with Gasteiger partial charge in [-0.1, -0.05) is 0 Å². The maximum absolute atomic E-state index is 9.07. The van der Waals surface area contributed by atoms with Gasteiger partial charge in [0, 0.05) is 0 Å². The molecule has 0 saturated carbocycles. The Hall–Kier alpha value is 3.06. The summed E-state index contributed by atoms with van der Waals surface area (Å²) in [5, 5.41) is 0. The molecule has 7 heteroatoms. The van der Waals surface area contributed by atoms with Crippen molar-refractivity contribution >= 4 is 106 Å². The fourth-order valence-electron chi connectivity index (χ4n) is 0.0136. The summed E-state index contributed by atoms with van der Waals surface area (Å²) in [6, 6.07) is 0. The minimum atomic E-state index is -0.545. The molecule has 0 bridgehead atoms. The zero-order valence-corrected chi connectivity index (χ0v) is 3.91. The standard InChI is InChI=1S/Ca.K.O3P2.3H/c;;1-4-3-5-2;;;. The number of hydrogen-bond donors (Lipinski definition) is 0. The third-order valence-corrected chi connectivity index (χ3v) is 0.600. The fourth-order valence-corrected chi connectivity index (χ4v) is 0.122. The van der Waals surface area contributed by atoms with E-state index in [1.807, 2.05) is 0 Å². The summed E-state index contributed by atoms with van der Waals surface area (Å²) in [6.07, 6.45) is 0. The first-order valence-electron chi connectivity index (χ1n) is 0.730. The molecule has 0 aromatic rings. The Morgan fingerprint density at radius 1 is 1.14 bits per heavy atom. The van der Waals surface area contributed by atoms with Crippen molar-refractivity contribution in [3.8, 4) is 0 Å². The average molecular weight is 192 g/mol. The van der Waals surface area contributed by atoms with Gasteiger partial charge >= 0.3 is 106 Å². The Morgan fingerprint density at radius 2 is 1.43 bits per heavy atom. The minimum absolute atomic E-state index is 0. The summed E-state index contributed by atoms with van der Waals surface area (Å²) >= 11 is 0. The Labute approximate surface area is 117 Å². The van der Waals surface area contributed by atoms with Gasteiger partial charge in [-0.25, -0.2) is 9.13 Å². The molecule has 0 N–H and O–H groups in total. The van der Waals surface area contributed by atoms with Gasteiger partial charge in [0.05, 0.1) is 0 Å². The van der Waals surface area contributed by atoms with Gasteiger partial charge in [-0.2, -0.15) is 4.31 Å². The van der Waals surface area contributed by atoms with Crippen molar-refractivity contribution in [2.75, 3.05) is 0 Å². The summed E-state index contributed by atoms with van der Waals surface area (Å²) in [5.41, 5.74) is 0. The van der Waals surface area contributed by atoms with Crippen molar-refractivity contribution in [1.29, 1.82) is 0 Å².